The predicted molar refractivity (Wildman–Crippen MR) is 56.3 cm³/mol. The van der Waals surface area contributed by atoms with Crippen molar-refractivity contribution in [1.29, 1.82) is 0 Å². The molecule has 1 aromatic carbocycles. The van der Waals surface area contributed by atoms with Gasteiger partial charge in [0.2, 0.25) is 0 Å². The Kier molecular flexibility index (Phi) is 2.17. The molecule has 2 rings (SSSR count). The van der Waals surface area contributed by atoms with E-state index in [4.69, 9.17) is 0 Å². The maximum atomic E-state index is 3.20. The van der Waals surface area contributed by atoms with Crippen LogP contribution in [0, 0.1) is 6.92 Å². The van der Waals surface area contributed by atoms with E-state index in [1.165, 1.54) is 16.7 Å². The van der Waals surface area contributed by atoms with Crippen molar-refractivity contribution in [3.63, 3.8) is 0 Å². The minimum Gasteiger partial charge on any atom is -0.387 e. The van der Waals surface area contributed by atoms with Crippen molar-refractivity contribution in [2.75, 3.05) is 6.54 Å². The maximum absolute atomic E-state index is 3.20. The summed E-state index contributed by atoms with van der Waals surface area (Å²) in [5.74, 6) is 0. The van der Waals surface area contributed by atoms with Crippen molar-refractivity contribution in [1.82, 2.24) is 5.32 Å². The highest BCUT2D eigenvalue weighted by Gasteiger charge is 2.01. The molecule has 0 unspecified atom stereocenters. The summed E-state index contributed by atoms with van der Waals surface area (Å²) in [7, 11) is 0. The average Bonchev–Trinajstić information content (AvgIpc) is 2.19. The molecular weight excluding hydrogens is 158 g/mol. The van der Waals surface area contributed by atoms with Crippen LogP contribution in [0.3, 0.4) is 0 Å². The monoisotopic (exact) mass is 171 g/mol. The maximum Gasteiger partial charge on any atom is 0.0401 e. The first kappa shape index (κ1) is 8.11. The van der Waals surface area contributed by atoms with Gasteiger partial charge in [-0.15, -0.1) is 0 Å². The lowest BCUT2D eigenvalue weighted by Gasteiger charge is -2.11. The van der Waals surface area contributed by atoms with Gasteiger partial charge in [0, 0.05) is 6.54 Å². The summed E-state index contributed by atoms with van der Waals surface area (Å²) in [4.78, 5) is 0. The number of benzene rings is 1. The van der Waals surface area contributed by atoms with E-state index in [9.17, 15) is 0 Å². The molecule has 1 N–H and O–H groups in total. The van der Waals surface area contributed by atoms with Gasteiger partial charge in [0.1, 0.15) is 0 Å². The highest BCUT2D eigenvalue weighted by Crippen LogP contribution is 2.16. The summed E-state index contributed by atoms with van der Waals surface area (Å²) in [5, 5.41) is 3.20. The summed E-state index contributed by atoms with van der Waals surface area (Å²) >= 11 is 0. The van der Waals surface area contributed by atoms with Crippen molar-refractivity contribution in [2.45, 2.75) is 6.92 Å². The molecule has 1 heteroatoms. The van der Waals surface area contributed by atoms with Crippen LogP contribution in [-0.2, 0) is 0 Å². The summed E-state index contributed by atoms with van der Waals surface area (Å²) < 4.78 is 0. The van der Waals surface area contributed by atoms with Crippen LogP contribution in [0.25, 0.3) is 5.57 Å². The van der Waals surface area contributed by atoms with Crippen molar-refractivity contribution in [3.8, 4) is 0 Å². The first-order valence-electron chi connectivity index (χ1n) is 4.52. The summed E-state index contributed by atoms with van der Waals surface area (Å²) in [6.07, 6.45) is 6.17. The standard InChI is InChI=1S/C12H13N/c1-10-4-2-5-11(8-10)12-6-3-7-13-9-12/h2-8,13H,9H2,1H3. The van der Waals surface area contributed by atoms with Crippen LogP contribution in [0.5, 0.6) is 0 Å². The van der Waals surface area contributed by atoms with Crippen molar-refractivity contribution >= 4 is 5.57 Å². The van der Waals surface area contributed by atoms with Crippen LogP contribution in [-0.4, -0.2) is 6.54 Å². The predicted octanol–water partition coefficient (Wildman–Crippen LogP) is 2.50. The van der Waals surface area contributed by atoms with E-state index in [0.717, 1.165) is 6.54 Å². The molecule has 0 radical (unpaired) electrons. The Labute approximate surface area is 78.8 Å². The minimum atomic E-state index is 0.931. The Morgan fingerprint density at radius 3 is 2.92 bits per heavy atom. The van der Waals surface area contributed by atoms with Crippen LogP contribution < -0.4 is 5.32 Å². The molecule has 13 heavy (non-hydrogen) atoms. The Balaban J connectivity index is 2.34. The van der Waals surface area contributed by atoms with Crippen molar-refractivity contribution < 1.29 is 0 Å². The number of hydrogen-bond acceptors (Lipinski definition) is 1. The van der Waals surface area contributed by atoms with E-state index in [1.54, 1.807) is 0 Å². The number of aryl methyl sites for hydroxylation is 1. The molecule has 66 valence electrons. The van der Waals surface area contributed by atoms with Crippen molar-refractivity contribution in [3.05, 3.63) is 53.7 Å². The van der Waals surface area contributed by atoms with Crippen molar-refractivity contribution in [2.24, 2.45) is 0 Å². The van der Waals surface area contributed by atoms with E-state index in [2.05, 4.69) is 42.6 Å². The lowest BCUT2D eigenvalue weighted by atomic mass is 10.0. The van der Waals surface area contributed by atoms with Crippen LogP contribution in [0.15, 0.2) is 42.6 Å². The molecule has 1 aliphatic heterocycles. The zero-order valence-corrected chi connectivity index (χ0v) is 7.75. The van der Waals surface area contributed by atoms with Gasteiger partial charge < -0.3 is 5.32 Å². The second kappa shape index (κ2) is 3.48. The van der Waals surface area contributed by atoms with Gasteiger partial charge in [-0.1, -0.05) is 35.9 Å². The number of hydrogen-bond donors (Lipinski definition) is 1. The molecule has 0 aliphatic carbocycles. The van der Waals surface area contributed by atoms with E-state index >= 15 is 0 Å². The lowest BCUT2D eigenvalue weighted by Crippen LogP contribution is -2.11. The van der Waals surface area contributed by atoms with Gasteiger partial charge in [-0.2, -0.15) is 0 Å². The zero-order valence-electron chi connectivity index (χ0n) is 7.75. The molecule has 0 saturated carbocycles. The fraction of sp³-hybridized carbons (Fsp3) is 0.167. The third-order valence-electron chi connectivity index (χ3n) is 2.19. The molecule has 1 nitrogen and oxygen atoms in total. The van der Waals surface area contributed by atoms with Gasteiger partial charge in [0.15, 0.2) is 0 Å². The molecule has 1 heterocycles. The first-order valence-corrected chi connectivity index (χ1v) is 4.52. The molecule has 1 aromatic rings. The largest absolute Gasteiger partial charge is 0.387 e. The smallest absolute Gasteiger partial charge is 0.0401 e. The van der Waals surface area contributed by atoms with E-state index in [-0.39, 0.29) is 0 Å². The normalized spacial score (nSPS) is 15.0. The highest BCUT2D eigenvalue weighted by molar-refractivity contribution is 5.69. The minimum absolute atomic E-state index is 0.931. The molecule has 0 fully saturated rings. The summed E-state index contributed by atoms with van der Waals surface area (Å²) in [6.45, 7) is 3.05. The fourth-order valence-electron chi connectivity index (χ4n) is 1.50. The molecule has 0 atom stereocenters. The van der Waals surface area contributed by atoms with E-state index in [1.807, 2.05) is 12.3 Å². The van der Waals surface area contributed by atoms with Gasteiger partial charge in [-0.3, -0.25) is 0 Å². The second-order valence-electron chi connectivity index (χ2n) is 3.30. The van der Waals surface area contributed by atoms with Gasteiger partial charge in [0.05, 0.1) is 0 Å². The van der Waals surface area contributed by atoms with Gasteiger partial charge >= 0.3 is 0 Å². The van der Waals surface area contributed by atoms with Crippen LogP contribution >= 0.6 is 0 Å². The van der Waals surface area contributed by atoms with Crippen LogP contribution in [0.4, 0.5) is 0 Å². The fourth-order valence-corrected chi connectivity index (χ4v) is 1.50. The Bertz CT molecular complexity index is 361. The van der Waals surface area contributed by atoms with Gasteiger partial charge in [0.25, 0.3) is 0 Å². The molecule has 0 spiro atoms. The topological polar surface area (TPSA) is 12.0 Å². The second-order valence-corrected chi connectivity index (χ2v) is 3.30. The van der Waals surface area contributed by atoms with Crippen LogP contribution in [0.2, 0.25) is 0 Å². The number of rotatable bonds is 1. The highest BCUT2D eigenvalue weighted by atomic mass is 14.8. The molecule has 0 saturated heterocycles. The first-order chi connectivity index (χ1) is 6.36. The Morgan fingerprint density at radius 1 is 1.31 bits per heavy atom. The number of nitrogens with one attached hydrogen (secondary N) is 1. The molecular formula is C12H13N. The molecule has 1 aliphatic rings. The SMILES string of the molecule is Cc1cccc(C2=CC=CNC2)c1. The quantitative estimate of drug-likeness (QED) is 0.684. The summed E-state index contributed by atoms with van der Waals surface area (Å²) in [6, 6.07) is 8.59. The summed E-state index contributed by atoms with van der Waals surface area (Å²) in [5.41, 5.74) is 3.98. The van der Waals surface area contributed by atoms with E-state index in [0.29, 0.717) is 0 Å². The third-order valence-corrected chi connectivity index (χ3v) is 2.19. The lowest BCUT2D eigenvalue weighted by molar-refractivity contribution is 0.986. The number of allylic oxidation sites excluding steroid dienone is 2. The van der Waals surface area contributed by atoms with Gasteiger partial charge in [-0.25, -0.2) is 0 Å². The van der Waals surface area contributed by atoms with Gasteiger partial charge in [-0.05, 0) is 30.3 Å². The third kappa shape index (κ3) is 1.81. The Hall–Kier alpha value is -1.50. The van der Waals surface area contributed by atoms with Crippen LogP contribution in [0.1, 0.15) is 11.1 Å². The average molecular weight is 171 g/mol. The molecule has 0 amide bonds. The Morgan fingerprint density at radius 2 is 2.23 bits per heavy atom. The molecule has 0 aromatic heterocycles. The number of dihydropyridines is 1. The van der Waals surface area contributed by atoms with E-state index < -0.39 is 0 Å². The molecule has 0 bridgehead atoms. The zero-order chi connectivity index (χ0) is 9.10.